The van der Waals surface area contributed by atoms with Crippen molar-refractivity contribution in [1.82, 2.24) is 14.7 Å². The van der Waals surface area contributed by atoms with Crippen LogP contribution in [0.4, 0.5) is 5.69 Å². The highest BCUT2D eigenvalue weighted by molar-refractivity contribution is 5.38. The molecule has 1 aromatic heterocycles. The molecule has 1 rings (SSSR count). The summed E-state index contributed by atoms with van der Waals surface area (Å²) in [7, 11) is 0. The van der Waals surface area contributed by atoms with Crippen molar-refractivity contribution in [2.75, 3.05) is 38.1 Å². The van der Waals surface area contributed by atoms with Gasteiger partial charge < -0.3 is 15.3 Å². The van der Waals surface area contributed by atoms with Crippen molar-refractivity contribution in [1.29, 1.82) is 0 Å². The van der Waals surface area contributed by atoms with Crippen LogP contribution in [0.5, 0.6) is 0 Å². The van der Waals surface area contributed by atoms with Crippen molar-refractivity contribution in [3.63, 3.8) is 0 Å². The van der Waals surface area contributed by atoms with Crippen LogP contribution in [0.15, 0.2) is 12.4 Å². The summed E-state index contributed by atoms with van der Waals surface area (Å²) in [5, 5.41) is 17.1. The van der Waals surface area contributed by atoms with E-state index in [1.165, 1.54) is 0 Å². The molecule has 0 fully saturated rings. The highest BCUT2D eigenvalue weighted by Gasteiger charge is 2.20. The van der Waals surface area contributed by atoms with Crippen LogP contribution in [0.3, 0.4) is 0 Å². The zero-order valence-electron chi connectivity index (χ0n) is 13.4. The van der Waals surface area contributed by atoms with Crippen LogP contribution < -0.4 is 5.32 Å². The molecule has 1 heterocycles. The van der Waals surface area contributed by atoms with Crippen LogP contribution in [0, 0.1) is 5.41 Å². The number of rotatable bonds is 10. The minimum atomic E-state index is -0.0662. The number of hydrogen-bond acceptors (Lipinski definition) is 4. The van der Waals surface area contributed by atoms with E-state index in [0.29, 0.717) is 0 Å². The Morgan fingerprint density at radius 2 is 2.05 bits per heavy atom. The van der Waals surface area contributed by atoms with Gasteiger partial charge in [-0.15, -0.1) is 0 Å². The van der Waals surface area contributed by atoms with Gasteiger partial charge in [0.25, 0.3) is 0 Å². The molecule has 0 aromatic carbocycles. The second kappa shape index (κ2) is 8.27. The fourth-order valence-corrected chi connectivity index (χ4v) is 1.97. The van der Waals surface area contributed by atoms with Crippen LogP contribution in [0.25, 0.3) is 0 Å². The van der Waals surface area contributed by atoms with E-state index in [9.17, 15) is 5.11 Å². The van der Waals surface area contributed by atoms with Gasteiger partial charge in [0, 0.05) is 24.7 Å². The Morgan fingerprint density at radius 3 is 2.60 bits per heavy atom. The summed E-state index contributed by atoms with van der Waals surface area (Å²) in [4.78, 5) is 2.38. The number of nitrogens with zero attached hydrogens (tertiary/aromatic N) is 3. The second-order valence-electron chi connectivity index (χ2n) is 5.69. The Balaban J connectivity index is 2.43. The number of aliphatic hydroxyl groups excluding tert-OH is 1. The third-order valence-corrected chi connectivity index (χ3v) is 4.13. The minimum absolute atomic E-state index is 0.0662. The first-order valence-corrected chi connectivity index (χ1v) is 7.66. The Morgan fingerprint density at radius 1 is 1.35 bits per heavy atom. The summed E-state index contributed by atoms with van der Waals surface area (Å²) in [6, 6.07) is 0. The average Bonchev–Trinajstić information content (AvgIpc) is 2.94. The zero-order valence-corrected chi connectivity index (χ0v) is 13.4. The quantitative estimate of drug-likeness (QED) is 0.689. The fourth-order valence-electron chi connectivity index (χ4n) is 1.97. The maximum Gasteiger partial charge on any atom is 0.0726 e. The lowest BCUT2D eigenvalue weighted by atomic mass is 9.89. The molecular formula is C15H30N4O. The minimum Gasteiger partial charge on any atom is -0.396 e. The van der Waals surface area contributed by atoms with E-state index in [4.69, 9.17) is 0 Å². The Kier molecular flexibility index (Phi) is 7.02. The molecule has 5 nitrogen and oxygen atoms in total. The van der Waals surface area contributed by atoms with Gasteiger partial charge in [0.15, 0.2) is 0 Å². The summed E-state index contributed by atoms with van der Waals surface area (Å²) in [6.45, 7) is 13.6. The Hall–Kier alpha value is -1.07. The zero-order chi connectivity index (χ0) is 15.0. The van der Waals surface area contributed by atoms with Gasteiger partial charge in [0.05, 0.1) is 25.0 Å². The molecule has 0 saturated heterocycles. The smallest absolute Gasteiger partial charge is 0.0726 e. The fraction of sp³-hybridized carbons (Fsp3) is 0.800. The summed E-state index contributed by atoms with van der Waals surface area (Å²) in [6.07, 6.45) is 4.85. The second-order valence-corrected chi connectivity index (χ2v) is 5.69. The van der Waals surface area contributed by atoms with Gasteiger partial charge in [0.1, 0.15) is 0 Å². The molecule has 0 aliphatic rings. The Bertz CT molecular complexity index is 370. The first kappa shape index (κ1) is 17.0. The summed E-state index contributed by atoms with van der Waals surface area (Å²) in [5.41, 5.74) is 0.959. The third-order valence-electron chi connectivity index (χ3n) is 4.13. The van der Waals surface area contributed by atoms with Gasteiger partial charge in [-0.2, -0.15) is 5.10 Å². The number of aromatic nitrogens is 2. The molecule has 0 amide bonds. The van der Waals surface area contributed by atoms with E-state index in [-0.39, 0.29) is 12.0 Å². The number of anilines is 1. The van der Waals surface area contributed by atoms with Crippen molar-refractivity contribution < 1.29 is 5.11 Å². The van der Waals surface area contributed by atoms with Crippen molar-refractivity contribution >= 4 is 5.69 Å². The maximum absolute atomic E-state index is 9.40. The molecule has 0 radical (unpaired) electrons. The number of hydrogen-bond donors (Lipinski definition) is 2. The monoisotopic (exact) mass is 282 g/mol. The lowest BCUT2D eigenvalue weighted by Gasteiger charge is -2.25. The molecule has 20 heavy (non-hydrogen) atoms. The lowest BCUT2D eigenvalue weighted by molar-refractivity contribution is 0.149. The van der Waals surface area contributed by atoms with Gasteiger partial charge >= 0.3 is 0 Å². The predicted molar refractivity (Wildman–Crippen MR) is 84.0 cm³/mol. The number of likely N-dealkylation sites (N-methyl/N-ethyl adjacent to an activating group) is 1. The van der Waals surface area contributed by atoms with E-state index in [0.717, 1.165) is 44.8 Å². The van der Waals surface area contributed by atoms with E-state index < -0.39 is 0 Å². The summed E-state index contributed by atoms with van der Waals surface area (Å²) in [5.74, 6) is 0. The topological polar surface area (TPSA) is 53.3 Å². The van der Waals surface area contributed by atoms with Gasteiger partial charge in [0.2, 0.25) is 0 Å². The number of nitrogens with one attached hydrogen (secondary N) is 1. The Labute approximate surface area is 123 Å². The van der Waals surface area contributed by atoms with Gasteiger partial charge in [-0.05, 0) is 19.5 Å². The van der Waals surface area contributed by atoms with Crippen molar-refractivity contribution in [3.8, 4) is 0 Å². The third kappa shape index (κ3) is 5.13. The highest BCUT2D eigenvalue weighted by atomic mass is 16.3. The predicted octanol–water partition coefficient (Wildman–Crippen LogP) is 2.05. The van der Waals surface area contributed by atoms with Crippen molar-refractivity contribution in [2.24, 2.45) is 5.41 Å². The molecule has 0 bridgehead atoms. The standard InChI is InChI=1S/C15H30N4O/c1-5-15(4,13-20)12-16-14-10-17-19(11-14)9-8-18(6-2)7-3/h10-11,16,20H,5-9,12-13H2,1-4H3. The van der Waals surface area contributed by atoms with Crippen LogP contribution in [-0.2, 0) is 6.54 Å². The average molecular weight is 282 g/mol. The molecule has 116 valence electrons. The normalized spacial score (nSPS) is 14.5. The largest absolute Gasteiger partial charge is 0.396 e. The van der Waals surface area contributed by atoms with Crippen LogP contribution in [-0.4, -0.2) is 52.6 Å². The highest BCUT2D eigenvalue weighted by Crippen LogP contribution is 2.20. The van der Waals surface area contributed by atoms with Crippen molar-refractivity contribution in [2.45, 2.75) is 40.7 Å². The van der Waals surface area contributed by atoms with Gasteiger partial charge in [-0.3, -0.25) is 4.68 Å². The molecular weight excluding hydrogens is 252 g/mol. The van der Waals surface area contributed by atoms with E-state index >= 15 is 0 Å². The molecule has 0 aliphatic heterocycles. The van der Waals surface area contributed by atoms with Crippen LogP contribution >= 0.6 is 0 Å². The summed E-state index contributed by atoms with van der Waals surface area (Å²) >= 11 is 0. The summed E-state index contributed by atoms with van der Waals surface area (Å²) < 4.78 is 1.98. The van der Waals surface area contributed by atoms with Crippen LogP contribution in [0.1, 0.15) is 34.1 Å². The molecule has 1 aromatic rings. The molecule has 0 aliphatic carbocycles. The van der Waals surface area contributed by atoms with Crippen LogP contribution in [0.2, 0.25) is 0 Å². The molecule has 0 saturated carbocycles. The molecule has 0 spiro atoms. The first-order chi connectivity index (χ1) is 9.56. The van der Waals surface area contributed by atoms with Crippen molar-refractivity contribution in [3.05, 3.63) is 12.4 Å². The SMILES string of the molecule is CCN(CC)CCn1cc(NCC(C)(CC)CO)cn1. The molecule has 1 unspecified atom stereocenters. The van der Waals surface area contributed by atoms with Gasteiger partial charge in [-0.1, -0.05) is 27.7 Å². The van der Waals surface area contributed by atoms with E-state index in [2.05, 4.69) is 43.0 Å². The van der Waals surface area contributed by atoms with E-state index in [1.54, 1.807) is 0 Å². The molecule has 2 N–H and O–H groups in total. The lowest BCUT2D eigenvalue weighted by Crippen LogP contribution is -2.29. The first-order valence-electron chi connectivity index (χ1n) is 7.66. The number of aliphatic hydroxyl groups is 1. The van der Waals surface area contributed by atoms with E-state index in [1.807, 2.05) is 17.1 Å². The maximum atomic E-state index is 9.40. The molecule has 5 heteroatoms. The van der Waals surface area contributed by atoms with Gasteiger partial charge in [-0.25, -0.2) is 0 Å². The molecule has 1 atom stereocenters.